The van der Waals surface area contributed by atoms with Gasteiger partial charge >= 0.3 is 12.0 Å². The van der Waals surface area contributed by atoms with E-state index in [4.69, 9.17) is 9.84 Å². The Morgan fingerprint density at radius 3 is 2.55 bits per heavy atom. The average molecular weight is 278 g/mol. The van der Waals surface area contributed by atoms with Gasteiger partial charge in [-0.3, -0.25) is 4.79 Å². The molecule has 20 heavy (non-hydrogen) atoms. The van der Waals surface area contributed by atoms with Crippen molar-refractivity contribution in [3.05, 3.63) is 42.5 Å². The number of carboxylic acids is 1. The predicted octanol–water partition coefficient (Wildman–Crippen LogP) is 1.53. The number of carbonyl (C=O) groups excluding carboxylic acids is 1. The number of benzene rings is 1. The third kappa shape index (κ3) is 6.44. The maximum Gasteiger partial charge on any atom is 0.315 e. The van der Waals surface area contributed by atoms with Crippen LogP contribution in [0.25, 0.3) is 0 Å². The Bertz CT molecular complexity index is 457. The Hall–Kier alpha value is -2.50. The number of ether oxygens (including phenoxy) is 1. The number of aliphatic carboxylic acids is 1. The molecule has 1 aromatic carbocycles. The zero-order chi connectivity index (χ0) is 14.8. The fourth-order valence-electron chi connectivity index (χ4n) is 1.39. The summed E-state index contributed by atoms with van der Waals surface area (Å²) in [5, 5.41) is 13.5. The summed E-state index contributed by atoms with van der Waals surface area (Å²) in [7, 11) is 0. The van der Waals surface area contributed by atoms with Crippen LogP contribution >= 0.6 is 0 Å². The molecule has 6 heteroatoms. The predicted molar refractivity (Wildman–Crippen MR) is 74.6 cm³/mol. The van der Waals surface area contributed by atoms with Crippen LogP contribution in [0.5, 0.6) is 5.75 Å². The van der Waals surface area contributed by atoms with Crippen molar-refractivity contribution in [2.75, 3.05) is 13.2 Å². The van der Waals surface area contributed by atoms with Crippen molar-refractivity contribution in [3.63, 3.8) is 0 Å². The third-order valence-corrected chi connectivity index (χ3v) is 2.37. The number of urea groups is 1. The number of amides is 2. The molecule has 0 saturated carbocycles. The quantitative estimate of drug-likeness (QED) is 0.629. The summed E-state index contributed by atoms with van der Waals surface area (Å²) >= 11 is 0. The summed E-state index contributed by atoms with van der Waals surface area (Å²) < 4.78 is 5.34. The van der Waals surface area contributed by atoms with Crippen LogP contribution in [0, 0.1) is 0 Å². The molecule has 0 atom stereocenters. The summed E-state index contributed by atoms with van der Waals surface area (Å²) in [6.07, 6.45) is 1.57. The van der Waals surface area contributed by atoms with Crippen LogP contribution < -0.4 is 15.4 Å². The molecule has 3 N–H and O–H groups in total. The van der Waals surface area contributed by atoms with Crippen LogP contribution in [-0.2, 0) is 11.3 Å². The highest BCUT2D eigenvalue weighted by Gasteiger charge is 2.02. The van der Waals surface area contributed by atoms with Gasteiger partial charge in [-0.25, -0.2) is 4.79 Å². The van der Waals surface area contributed by atoms with Gasteiger partial charge in [0, 0.05) is 13.1 Å². The minimum absolute atomic E-state index is 0.0945. The molecular formula is C14H18N2O4. The highest BCUT2D eigenvalue weighted by molar-refractivity contribution is 5.74. The van der Waals surface area contributed by atoms with Crippen molar-refractivity contribution in [2.24, 2.45) is 0 Å². The first-order chi connectivity index (χ1) is 9.61. The summed E-state index contributed by atoms with van der Waals surface area (Å²) in [6, 6.07) is 6.91. The Kier molecular flexibility index (Phi) is 6.67. The largest absolute Gasteiger partial charge is 0.490 e. The summed E-state index contributed by atoms with van der Waals surface area (Å²) in [5.41, 5.74) is 0.921. The number of hydrogen-bond donors (Lipinski definition) is 3. The second kappa shape index (κ2) is 8.58. The van der Waals surface area contributed by atoms with E-state index in [2.05, 4.69) is 17.2 Å². The van der Waals surface area contributed by atoms with Crippen LogP contribution in [0.15, 0.2) is 36.9 Å². The molecule has 0 radical (unpaired) electrons. The molecule has 1 rings (SSSR count). The van der Waals surface area contributed by atoms with Crippen LogP contribution in [0.4, 0.5) is 4.79 Å². The van der Waals surface area contributed by atoms with Crippen molar-refractivity contribution in [3.8, 4) is 5.75 Å². The molecule has 0 spiro atoms. The minimum Gasteiger partial charge on any atom is -0.490 e. The molecule has 0 fully saturated rings. The van der Waals surface area contributed by atoms with Crippen LogP contribution in [0.3, 0.4) is 0 Å². The van der Waals surface area contributed by atoms with Crippen molar-refractivity contribution < 1.29 is 19.4 Å². The molecular weight excluding hydrogens is 260 g/mol. The Balaban J connectivity index is 2.28. The molecule has 0 heterocycles. The zero-order valence-electron chi connectivity index (χ0n) is 11.1. The van der Waals surface area contributed by atoms with E-state index in [1.807, 2.05) is 24.3 Å². The fourth-order valence-corrected chi connectivity index (χ4v) is 1.39. The standard InChI is InChI=1S/C14H18N2O4/c1-2-9-20-12-5-3-11(4-6-12)10-16-14(19)15-8-7-13(17)18/h2-6H,1,7-10H2,(H,17,18)(H2,15,16,19). The van der Waals surface area contributed by atoms with Gasteiger partial charge in [-0.05, 0) is 17.7 Å². The third-order valence-electron chi connectivity index (χ3n) is 2.37. The summed E-state index contributed by atoms with van der Waals surface area (Å²) in [4.78, 5) is 21.6. The monoisotopic (exact) mass is 278 g/mol. The van der Waals surface area contributed by atoms with Gasteiger partial charge in [0.25, 0.3) is 0 Å². The minimum atomic E-state index is -0.944. The molecule has 0 bridgehead atoms. The number of carbonyl (C=O) groups is 2. The van der Waals surface area contributed by atoms with E-state index < -0.39 is 12.0 Å². The Labute approximate surface area is 117 Å². The van der Waals surface area contributed by atoms with E-state index in [0.29, 0.717) is 13.2 Å². The van der Waals surface area contributed by atoms with E-state index in [1.165, 1.54) is 0 Å². The normalized spacial score (nSPS) is 9.60. The van der Waals surface area contributed by atoms with Gasteiger partial charge in [0.2, 0.25) is 0 Å². The molecule has 0 aliphatic carbocycles. The molecule has 0 aromatic heterocycles. The lowest BCUT2D eigenvalue weighted by Gasteiger charge is -2.08. The maximum absolute atomic E-state index is 11.4. The highest BCUT2D eigenvalue weighted by Crippen LogP contribution is 2.11. The van der Waals surface area contributed by atoms with Crippen LogP contribution in [-0.4, -0.2) is 30.3 Å². The summed E-state index contributed by atoms with van der Waals surface area (Å²) in [6.45, 7) is 4.48. The van der Waals surface area contributed by atoms with Gasteiger partial charge in [-0.15, -0.1) is 0 Å². The lowest BCUT2D eigenvalue weighted by atomic mass is 10.2. The number of carboxylic acid groups (broad SMARTS) is 1. The Morgan fingerprint density at radius 2 is 1.95 bits per heavy atom. The lowest BCUT2D eigenvalue weighted by Crippen LogP contribution is -2.36. The molecule has 1 aromatic rings. The molecule has 0 unspecified atom stereocenters. The van der Waals surface area contributed by atoms with E-state index >= 15 is 0 Å². The van der Waals surface area contributed by atoms with Gasteiger partial charge in [0.1, 0.15) is 12.4 Å². The molecule has 0 aliphatic rings. The van der Waals surface area contributed by atoms with Crippen molar-refractivity contribution >= 4 is 12.0 Å². The van der Waals surface area contributed by atoms with Crippen molar-refractivity contribution in [2.45, 2.75) is 13.0 Å². The number of hydrogen-bond acceptors (Lipinski definition) is 3. The average Bonchev–Trinajstić information content (AvgIpc) is 2.43. The van der Waals surface area contributed by atoms with Gasteiger partial charge in [0.15, 0.2) is 0 Å². The molecule has 0 saturated heterocycles. The molecule has 0 aliphatic heterocycles. The van der Waals surface area contributed by atoms with Gasteiger partial charge in [-0.1, -0.05) is 24.8 Å². The van der Waals surface area contributed by atoms with Crippen LogP contribution in [0.1, 0.15) is 12.0 Å². The lowest BCUT2D eigenvalue weighted by molar-refractivity contribution is -0.136. The topological polar surface area (TPSA) is 87.7 Å². The first kappa shape index (κ1) is 15.6. The van der Waals surface area contributed by atoms with E-state index in [0.717, 1.165) is 11.3 Å². The van der Waals surface area contributed by atoms with Crippen molar-refractivity contribution in [1.29, 1.82) is 0 Å². The first-order valence-corrected chi connectivity index (χ1v) is 6.18. The maximum atomic E-state index is 11.4. The smallest absolute Gasteiger partial charge is 0.315 e. The molecule has 2 amide bonds. The SMILES string of the molecule is C=CCOc1ccc(CNC(=O)NCCC(=O)O)cc1. The molecule has 6 nitrogen and oxygen atoms in total. The van der Waals surface area contributed by atoms with E-state index in [9.17, 15) is 9.59 Å². The van der Waals surface area contributed by atoms with Gasteiger partial charge in [-0.2, -0.15) is 0 Å². The number of nitrogens with one attached hydrogen (secondary N) is 2. The number of rotatable bonds is 8. The van der Waals surface area contributed by atoms with E-state index in [1.54, 1.807) is 6.08 Å². The Morgan fingerprint density at radius 1 is 1.25 bits per heavy atom. The van der Waals surface area contributed by atoms with E-state index in [-0.39, 0.29) is 13.0 Å². The highest BCUT2D eigenvalue weighted by atomic mass is 16.5. The fraction of sp³-hybridized carbons (Fsp3) is 0.286. The second-order valence-corrected chi connectivity index (χ2v) is 4.00. The molecule has 108 valence electrons. The second-order valence-electron chi connectivity index (χ2n) is 4.00. The first-order valence-electron chi connectivity index (χ1n) is 6.18. The zero-order valence-corrected chi connectivity index (χ0v) is 11.1. The van der Waals surface area contributed by atoms with Crippen molar-refractivity contribution in [1.82, 2.24) is 10.6 Å². The van der Waals surface area contributed by atoms with Gasteiger partial charge in [0.05, 0.1) is 6.42 Å². The van der Waals surface area contributed by atoms with Crippen LogP contribution in [0.2, 0.25) is 0 Å². The summed E-state index contributed by atoms with van der Waals surface area (Å²) in [5.74, 6) is -0.208. The van der Waals surface area contributed by atoms with Gasteiger partial charge < -0.3 is 20.5 Å².